The fourth-order valence-corrected chi connectivity index (χ4v) is 3.50. The van der Waals surface area contributed by atoms with Gasteiger partial charge in [-0.05, 0) is 37.6 Å². The standard InChI is InChI=1S/C19H18ClFN4OS/c1-11-6-4-5-7-14(11)17-23-24-19(25(17)3)27-12(2)18(26)22-13-8-9-16(21)15(20)10-13/h4-10,12H,1-3H3,(H,22,26)/t12-/m0/s1. The lowest BCUT2D eigenvalue weighted by molar-refractivity contribution is -0.115. The van der Waals surface area contributed by atoms with E-state index in [4.69, 9.17) is 11.6 Å². The number of hydrogen-bond donors (Lipinski definition) is 1. The lowest BCUT2D eigenvalue weighted by Crippen LogP contribution is -2.22. The summed E-state index contributed by atoms with van der Waals surface area (Å²) >= 11 is 7.04. The average molecular weight is 405 g/mol. The molecule has 0 saturated carbocycles. The molecule has 0 spiro atoms. The zero-order chi connectivity index (χ0) is 19.6. The van der Waals surface area contributed by atoms with Crippen LogP contribution in [0.1, 0.15) is 12.5 Å². The number of thioether (sulfide) groups is 1. The van der Waals surface area contributed by atoms with Gasteiger partial charge in [-0.15, -0.1) is 10.2 Å². The smallest absolute Gasteiger partial charge is 0.237 e. The summed E-state index contributed by atoms with van der Waals surface area (Å²) in [5, 5.41) is 11.4. The van der Waals surface area contributed by atoms with Gasteiger partial charge in [0.05, 0.1) is 10.3 Å². The normalized spacial score (nSPS) is 12.0. The van der Waals surface area contributed by atoms with Crippen molar-refractivity contribution in [3.63, 3.8) is 0 Å². The van der Waals surface area contributed by atoms with Gasteiger partial charge in [0.1, 0.15) is 5.82 Å². The van der Waals surface area contributed by atoms with Gasteiger partial charge in [0, 0.05) is 18.3 Å². The zero-order valence-electron chi connectivity index (χ0n) is 15.0. The monoisotopic (exact) mass is 404 g/mol. The van der Waals surface area contributed by atoms with Crippen LogP contribution in [0, 0.1) is 12.7 Å². The Bertz CT molecular complexity index is 992. The summed E-state index contributed by atoms with van der Waals surface area (Å²) in [6, 6.07) is 12.0. The molecule has 0 unspecified atom stereocenters. The van der Waals surface area contributed by atoms with Gasteiger partial charge in [-0.25, -0.2) is 4.39 Å². The maximum absolute atomic E-state index is 13.2. The molecule has 1 heterocycles. The maximum atomic E-state index is 13.2. The van der Waals surface area contributed by atoms with Crippen LogP contribution in [0.5, 0.6) is 0 Å². The first-order valence-corrected chi connectivity index (χ1v) is 9.50. The summed E-state index contributed by atoms with van der Waals surface area (Å²) in [5.41, 5.74) is 2.54. The molecule has 0 saturated heterocycles. The van der Waals surface area contributed by atoms with E-state index in [2.05, 4.69) is 15.5 Å². The molecule has 0 bridgehead atoms. The van der Waals surface area contributed by atoms with E-state index in [-0.39, 0.29) is 10.9 Å². The van der Waals surface area contributed by atoms with Crippen LogP contribution in [0.3, 0.4) is 0 Å². The molecule has 3 rings (SSSR count). The SMILES string of the molecule is Cc1ccccc1-c1nnc(S[C@@H](C)C(=O)Nc2ccc(F)c(Cl)c2)n1C. The van der Waals surface area contributed by atoms with Crippen LogP contribution in [0.2, 0.25) is 5.02 Å². The second kappa shape index (κ2) is 8.10. The average Bonchev–Trinajstić information content (AvgIpc) is 2.99. The Labute approximate surface area is 166 Å². The van der Waals surface area contributed by atoms with Gasteiger partial charge in [0.2, 0.25) is 5.91 Å². The first-order valence-electron chi connectivity index (χ1n) is 8.24. The van der Waals surface area contributed by atoms with Crippen LogP contribution < -0.4 is 5.32 Å². The highest BCUT2D eigenvalue weighted by Crippen LogP contribution is 2.28. The number of benzene rings is 2. The van der Waals surface area contributed by atoms with E-state index in [1.54, 1.807) is 6.92 Å². The summed E-state index contributed by atoms with van der Waals surface area (Å²) in [5.74, 6) is -0.0171. The lowest BCUT2D eigenvalue weighted by Gasteiger charge is -2.12. The van der Waals surface area contributed by atoms with Gasteiger partial charge < -0.3 is 9.88 Å². The molecule has 0 aliphatic heterocycles. The fourth-order valence-electron chi connectivity index (χ4n) is 2.51. The highest BCUT2D eigenvalue weighted by molar-refractivity contribution is 8.00. The molecule has 0 fully saturated rings. The molecule has 3 aromatic rings. The van der Waals surface area contributed by atoms with Crippen molar-refractivity contribution in [2.45, 2.75) is 24.3 Å². The first kappa shape index (κ1) is 19.4. The summed E-state index contributed by atoms with van der Waals surface area (Å²) < 4.78 is 15.1. The van der Waals surface area contributed by atoms with Gasteiger partial charge in [0.15, 0.2) is 11.0 Å². The second-order valence-electron chi connectivity index (χ2n) is 6.06. The topological polar surface area (TPSA) is 59.8 Å². The molecule has 140 valence electrons. The van der Waals surface area contributed by atoms with Gasteiger partial charge in [-0.2, -0.15) is 0 Å². The molecule has 27 heavy (non-hydrogen) atoms. The molecule has 0 aliphatic rings. The maximum Gasteiger partial charge on any atom is 0.237 e. The summed E-state index contributed by atoms with van der Waals surface area (Å²) in [7, 11) is 1.87. The fraction of sp³-hybridized carbons (Fsp3) is 0.211. The third-order valence-electron chi connectivity index (χ3n) is 4.06. The summed E-state index contributed by atoms with van der Waals surface area (Å²) in [6.45, 7) is 3.79. The number of carbonyl (C=O) groups excluding carboxylic acids is 1. The van der Waals surface area contributed by atoms with Crippen molar-refractivity contribution in [2.75, 3.05) is 5.32 Å². The minimum Gasteiger partial charge on any atom is -0.325 e. The van der Waals surface area contributed by atoms with E-state index >= 15 is 0 Å². The van der Waals surface area contributed by atoms with Crippen molar-refractivity contribution in [2.24, 2.45) is 7.05 Å². The van der Waals surface area contributed by atoms with Crippen LogP contribution in [0.15, 0.2) is 47.6 Å². The van der Waals surface area contributed by atoms with Crippen molar-refractivity contribution >= 4 is 35.0 Å². The van der Waals surface area contributed by atoms with Crippen LogP contribution in [0.4, 0.5) is 10.1 Å². The molecule has 1 N–H and O–H groups in total. The van der Waals surface area contributed by atoms with Crippen LogP contribution in [0.25, 0.3) is 11.4 Å². The highest BCUT2D eigenvalue weighted by atomic mass is 35.5. The van der Waals surface area contributed by atoms with Crippen LogP contribution in [-0.4, -0.2) is 25.9 Å². The molecule has 0 radical (unpaired) electrons. The molecule has 1 aromatic heterocycles. The van der Waals surface area contributed by atoms with E-state index < -0.39 is 11.1 Å². The number of nitrogens with zero attached hydrogens (tertiary/aromatic N) is 3. The van der Waals surface area contributed by atoms with E-state index in [1.165, 1.54) is 30.0 Å². The molecule has 1 amide bonds. The number of halogens is 2. The third-order valence-corrected chi connectivity index (χ3v) is 5.48. The number of amides is 1. The Morgan fingerprint density at radius 1 is 1.26 bits per heavy atom. The molecule has 5 nitrogen and oxygen atoms in total. The number of hydrogen-bond acceptors (Lipinski definition) is 4. The number of carbonyl (C=O) groups is 1. The van der Waals surface area contributed by atoms with Gasteiger partial charge in [-0.1, -0.05) is 47.6 Å². The minimum absolute atomic E-state index is 0.0377. The van der Waals surface area contributed by atoms with Crippen LogP contribution in [-0.2, 0) is 11.8 Å². The van der Waals surface area contributed by atoms with Crippen molar-refractivity contribution in [1.29, 1.82) is 0 Å². The molecule has 0 aliphatic carbocycles. The Morgan fingerprint density at radius 2 is 2.00 bits per heavy atom. The predicted octanol–water partition coefficient (Wildman–Crippen LogP) is 4.70. The number of aryl methyl sites for hydroxylation is 1. The Kier molecular flexibility index (Phi) is 5.82. The van der Waals surface area contributed by atoms with E-state index in [0.717, 1.165) is 17.0 Å². The van der Waals surface area contributed by atoms with Gasteiger partial charge in [0.25, 0.3) is 0 Å². The van der Waals surface area contributed by atoms with Crippen molar-refractivity contribution in [3.8, 4) is 11.4 Å². The molecule has 1 atom stereocenters. The second-order valence-corrected chi connectivity index (χ2v) is 7.77. The van der Waals surface area contributed by atoms with E-state index in [9.17, 15) is 9.18 Å². The summed E-state index contributed by atoms with van der Waals surface area (Å²) in [6.07, 6.45) is 0. The number of anilines is 1. The van der Waals surface area contributed by atoms with Gasteiger partial charge in [-0.3, -0.25) is 4.79 Å². The quantitative estimate of drug-likeness (QED) is 0.626. The molecule has 2 aromatic carbocycles. The number of nitrogens with one attached hydrogen (secondary N) is 1. The zero-order valence-corrected chi connectivity index (χ0v) is 16.6. The Balaban J connectivity index is 1.72. The molecular weight excluding hydrogens is 387 g/mol. The third kappa shape index (κ3) is 4.31. The van der Waals surface area contributed by atoms with Crippen molar-refractivity contribution in [1.82, 2.24) is 14.8 Å². The van der Waals surface area contributed by atoms with Crippen molar-refractivity contribution in [3.05, 3.63) is 58.9 Å². The number of rotatable bonds is 5. The summed E-state index contributed by atoms with van der Waals surface area (Å²) in [4.78, 5) is 12.4. The number of aromatic nitrogens is 3. The van der Waals surface area contributed by atoms with Crippen molar-refractivity contribution < 1.29 is 9.18 Å². The van der Waals surface area contributed by atoms with Gasteiger partial charge >= 0.3 is 0 Å². The first-order chi connectivity index (χ1) is 12.9. The molecule has 8 heteroatoms. The van der Waals surface area contributed by atoms with E-state index in [1.807, 2.05) is 42.8 Å². The largest absolute Gasteiger partial charge is 0.325 e. The lowest BCUT2D eigenvalue weighted by atomic mass is 10.1. The van der Waals surface area contributed by atoms with E-state index in [0.29, 0.717) is 10.8 Å². The Hall–Kier alpha value is -2.38. The Morgan fingerprint density at radius 3 is 2.70 bits per heavy atom. The molecular formula is C19H18ClFN4OS. The minimum atomic E-state index is -0.528. The predicted molar refractivity (Wildman–Crippen MR) is 107 cm³/mol. The highest BCUT2D eigenvalue weighted by Gasteiger charge is 2.20. The van der Waals surface area contributed by atoms with Crippen LogP contribution >= 0.6 is 23.4 Å².